The molecule has 2 rings (SSSR count). The Bertz CT molecular complexity index is 738. The summed E-state index contributed by atoms with van der Waals surface area (Å²) in [5.74, 6) is 0. The summed E-state index contributed by atoms with van der Waals surface area (Å²) >= 11 is 13.6. The van der Waals surface area contributed by atoms with Gasteiger partial charge < -0.3 is 0 Å². The molecule has 1 aromatic carbocycles. The highest BCUT2D eigenvalue weighted by atomic mass is 35.5. The normalized spacial score (nSPS) is 14.5. The first-order valence-corrected chi connectivity index (χ1v) is 9.62. The molecule has 3 nitrogen and oxygen atoms in total. The lowest BCUT2D eigenvalue weighted by atomic mass is 10.0. The average molecular weight is 390 g/mol. The van der Waals surface area contributed by atoms with Crippen LogP contribution in [-0.4, -0.2) is 15.2 Å². The molecule has 124 valence electrons. The number of halogens is 2. The van der Waals surface area contributed by atoms with Gasteiger partial charge in [0.1, 0.15) is 0 Å². The molecule has 7 heteroatoms. The third-order valence-corrected chi connectivity index (χ3v) is 6.23. The van der Waals surface area contributed by atoms with E-state index in [9.17, 15) is 9.00 Å². The minimum absolute atomic E-state index is 0.411. The second-order valence-electron chi connectivity index (χ2n) is 5.98. The van der Waals surface area contributed by atoms with Crippen molar-refractivity contribution in [1.29, 1.82) is 0 Å². The number of hydrogen-bond donors (Lipinski definition) is 1. The van der Waals surface area contributed by atoms with Crippen molar-refractivity contribution in [3.05, 3.63) is 55.7 Å². The van der Waals surface area contributed by atoms with Gasteiger partial charge in [-0.3, -0.25) is 4.79 Å². The Balaban J connectivity index is 2.48. The van der Waals surface area contributed by atoms with Crippen LogP contribution in [0.3, 0.4) is 0 Å². The summed E-state index contributed by atoms with van der Waals surface area (Å²) in [5, 5.41) is 0.581. The molecule has 0 aliphatic rings. The van der Waals surface area contributed by atoms with Gasteiger partial charge in [-0.1, -0.05) is 35.3 Å². The van der Waals surface area contributed by atoms with E-state index in [0.717, 1.165) is 17.4 Å². The fourth-order valence-corrected chi connectivity index (χ4v) is 4.13. The van der Waals surface area contributed by atoms with Crippen molar-refractivity contribution < 1.29 is 9.00 Å². The number of rotatable bonds is 5. The Kier molecular flexibility index (Phi) is 6.03. The minimum Gasteiger partial charge on any atom is -0.297 e. The standard InChI is InChI=1S/C16H17Cl2NO2S2/c1-16(2,3)23(21)19-14(10-5-4-6-11(17)7-10)13-8-12(9-20)22-15(13)18/h4-9,14,19H,1-3H3. The van der Waals surface area contributed by atoms with Gasteiger partial charge in [-0.25, -0.2) is 8.93 Å². The molecule has 0 saturated heterocycles. The summed E-state index contributed by atoms with van der Waals surface area (Å²) in [6, 6.07) is 8.60. The maximum absolute atomic E-state index is 12.6. The van der Waals surface area contributed by atoms with Crippen molar-refractivity contribution >= 4 is 51.8 Å². The fourth-order valence-electron chi connectivity index (χ4n) is 1.94. The van der Waals surface area contributed by atoms with Gasteiger partial charge in [-0.15, -0.1) is 11.3 Å². The Morgan fingerprint density at radius 1 is 1.26 bits per heavy atom. The van der Waals surface area contributed by atoms with Gasteiger partial charge in [0.15, 0.2) is 6.29 Å². The molecule has 0 aliphatic carbocycles. The zero-order valence-corrected chi connectivity index (χ0v) is 16.1. The Morgan fingerprint density at radius 2 is 1.96 bits per heavy atom. The van der Waals surface area contributed by atoms with Crippen LogP contribution in [0, 0.1) is 0 Å². The minimum atomic E-state index is -1.31. The van der Waals surface area contributed by atoms with Gasteiger partial charge in [0, 0.05) is 10.6 Å². The first kappa shape index (κ1) is 18.6. The first-order valence-electron chi connectivity index (χ1n) is 6.90. The molecule has 2 atom stereocenters. The summed E-state index contributed by atoms with van der Waals surface area (Å²) in [6.45, 7) is 5.66. The molecule has 0 fully saturated rings. The highest BCUT2D eigenvalue weighted by Crippen LogP contribution is 2.36. The predicted molar refractivity (Wildman–Crippen MR) is 99.0 cm³/mol. The molecule has 1 heterocycles. The van der Waals surface area contributed by atoms with Crippen molar-refractivity contribution in [2.24, 2.45) is 0 Å². The zero-order chi connectivity index (χ0) is 17.2. The third kappa shape index (κ3) is 4.64. The van der Waals surface area contributed by atoms with E-state index in [2.05, 4.69) is 4.72 Å². The highest BCUT2D eigenvalue weighted by molar-refractivity contribution is 7.84. The van der Waals surface area contributed by atoms with E-state index in [-0.39, 0.29) is 0 Å². The van der Waals surface area contributed by atoms with Crippen LogP contribution in [0.15, 0.2) is 30.3 Å². The molecule has 0 bridgehead atoms. The molecule has 0 saturated carbocycles. The van der Waals surface area contributed by atoms with Crippen molar-refractivity contribution in [1.82, 2.24) is 4.72 Å². The number of thiophene rings is 1. The lowest BCUT2D eigenvalue weighted by Gasteiger charge is -2.24. The first-order chi connectivity index (χ1) is 10.7. The maximum Gasteiger partial charge on any atom is 0.160 e. The number of carbonyl (C=O) groups is 1. The van der Waals surface area contributed by atoms with E-state index in [4.69, 9.17) is 23.2 Å². The summed E-state index contributed by atoms with van der Waals surface area (Å²) in [5.41, 5.74) is 1.56. The monoisotopic (exact) mass is 389 g/mol. The highest BCUT2D eigenvalue weighted by Gasteiger charge is 2.27. The van der Waals surface area contributed by atoms with E-state index in [1.165, 1.54) is 11.3 Å². The summed E-state index contributed by atoms with van der Waals surface area (Å²) in [4.78, 5) is 11.5. The van der Waals surface area contributed by atoms with Crippen LogP contribution in [0.2, 0.25) is 9.36 Å². The molecule has 23 heavy (non-hydrogen) atoms. The fraction of sp³-hybridized carbons (Fsp3) is 0.312. The number of aldehydes is 1. The Labute approximate surface area is 152 Å². The van der Waals surface area contributed by atoms with Gasteiger partial charge >= 0.3 is 0 Å². The SMILES string of the molecule is CC(C)(C)S(=O)NC(c1cccc(Cl)c1)c1cc(C=O)sc1Cl. The van der Waals surface area contributed by atoms with Crippen LogP contribution in [0.25, 0.3) is 0 Å². The van der Waals surface area contributed by atoms with E-state index in [1.54, 1.807) is 18.2 Å². The van der Waals surface area contributed by atoms with Gasteiger partial charge in [-0.05, 0) is 44.5 Å². The van der Waals surface area contributed by atoms with Crippen LogP contribution >= 0.6 is 34.5 Å². The molecule has 1 N–H and O–H groups in total. The van der Waals surface area contributed by atoms with Crippen LogP contribution < -0.4 is 4.72 Å². The Morgan fingerprint density at radius 3 is 2.48 bits per heavy atom. The van der Waals surface area contributed by atoms with Gasteiger partial charge in [0.05, 0.1) is 31.0 Å². The third-order valence-electron chi connectivity index (χ3n) is 3.12. The van der Waals surface area contributed by atoms with Crippen LogP contribution in [0.1, 0.15) is 47.6 Å². The molecule has 0 radical (unpaired) electrons. The molecule has 0 amide bonds. The molecule has 2 aromatic rings. The lowest BCUT2D eigenvalue weighted by molar-refractivity contribution is 0.112. The van der Waals surface area contributed by atoms with Crippen LogP contribution in [-0.2, 0) is 11.0 Å². The second-order valence-corrected chi connectivity index (χ2v) is 10.1. The smallest absolute Gasteiger partial charge is 0.160 e. The van der Waals surface area contributed by atoms with Crippen molar-refractivity contribution in [2.45, 2.75) is 31.6 Å². The van der Waals surface area contributed by atoms with Crippen LogP contribution in [0.5, 0.6) is 0 Å². The number of benzene rings is 1. The quantitative estimate of drug-likeness (QED) is 0.730. The molecule has 1 aromatic heterocycles. The van der Waals surface area contributed by atoms with Crippen molar-refractivity contribution in [2.75, 3.05) is 0 Å². The summed E-state index contributed by atoms with van der Waals surface area (Å²) in [6.07, 6.45) is 0.760. The molecule has 2 unspecified atom stereocenters. The van der Waals surface area contributed by atoms with E-state index >= 15 is 0 Å². The van der Waals surface area contributed by atoms with Crippen molar-refractivity contribution in [3.63, 3.8) is 0 Å². The lowest BCUT2D eigenvalue weighted by Crippen LogP contribution is -2.36. The van der Waals surface area contributed by atoms with E-state index < -0.39 is 21.8 Å². The van der Waals surface area contributed by atoms with Gasteiger partial charge in [-0.2, -0.15) is 0 Å². The predicted octanol–water partition coefficient (Wildman–Crippen LogP) is 5.01. The average Bonchev–Trinajstić information content (AvgIpc) is 2.84. The van der Waals surface area contributed by atoms with Gasteiger partial charge in [0.2, 0.25) is 0 Å². The van der Waals surface area contributed by atoms with Crippen molar-refractivity contribution in [3.8, 4) is 0 Å². The van der Waals surface area contributed by atoms with E-state index in [0.29, 0.717) is 14.2 Å². The number of carbonyl (C=O) groups excluding carboxylic acids is 1. The maximum atomic E-state index is 12.6. The molecular formula is C16H17Cl2NO2S2. The molecular weight excluding hydrogens is 373 g/mol. The number of hydrogen-bond acceptors (Lipinski definition) is 3. The number of nitrogens with one attached hydrogen (secondary N) is 1. The van der Waals surface area contributed by atoms with E-state index in [1.807, 2.05) is 32.9 Å². The topological polar surface area (TPSA) is 46.2 Å². The van der Waals surface area contributed by atoms with Crippen LogP contribution in [0.4, 0.5) is 0 Å². The molecule has 0 aliphatic heterocycles. The zero-order valence-electron chi connectivity index (χ0n) is 12.9. The van der Waals surface area contributed by atoms with Gasteiger partial charge in [0.25, 0.3) is 0 Å². The second kappa shape index (κ2) is 7.45. The largest absolute Gasteiger partial charge is 0.297 e. The Hall–Kier alpha value is -0.720. The summed E-state index contributed by atoms with van der Waals surface area (Å²) in [7, 11) is -1.31. The molecule has 0 spiro atoms. The summed E-state index contributed by atoms with van der Waals surface area (Å²) < 4.78 is 15.7.